The van der Waals surface area contributed by atoms with Crippen LogP contribution in [-0.2, 0) is 0 Å². The molecule has 0 saturated carbocycles. The Morgan fingerprint density at radius 3 is 2.50 bits per heavy atom. The zero-order valence-electron chi connectivity index (χ0n) is 10.6. The molecular formula is C16H19NO. The summed E-state index contributed by atoms with van der Waals surface area (Å²) >= 11 is 0. The van der Waals surface area contributed by atoms with Gasteiger partial charge in [0.25, 0.3) is 0 Å². The van der Waals surface area contributed by atoms with Gasteiger partial charge in [0.1, 0.15) is 5.75 Å². The Labute approximate surface area is 108 Å². The van der Waals surface area contributed by atoms with Crippen molar-refractivity contribution in [2.45, 2.75) is 25.8 Å². The Hall–Kier alpha value is -1.96. The molecular weight excluding hydrogens is 222 g/mol. The van der Waals surface area contributed by atoms with Crippen LogP contribution in [0, 0.1) is 0 Å². The lowest BCUT2D eigenvalue weighted by Gasteiger charge is -2.20. The Bertz CT molecular complexity index is 481. The van der Waals surface area contributed by atoms with Gasteiger partial charge in [0.15, 0.2) is 0 Å². The highest BCUT2D eigenvalue weighted by molar-refractivity contribution is 5.49. The van der Waals surface area contributed by atoms with Crippen molar-refractivity contribution in [1.29, 1.82) is 0 Å². The van der Waals surface area contributed by atoms with Crippen LogP contribution in [0.3, 0.4) is 0 Å². The molecule has 0 aliphatic rings. The number of benzene rings is 2. The van der Waals surface area contributed by atoms with Crippen LogP contribution < -0.4 is 5.32 Å². The van der Waals surface area contributed by atoms with E-state index in [1.807, 2.05) is 18.2 Å². The molecule has 94 valence electrons. The van der Waals surface area contributed by atoms with E-state index < -0.39 is 0 Å². The third-order valence-corrected chi connectivity index (χ3v) is 2.97. The van der Waals surface area contributed by atoms with Crippen LogP contribution in [0.4, 0.5) is 5.69 Å². The fourth-order valence-corrected chi connectivity index (χ4v) is 2.09. The molecule has 2 rings (SSSR count). The van der Waals surface area contributed by atoms with Gasteiger partial charge in [0.05, 0.1) is 6.04 Å². The number of anilines is 1. The summed E-state index contributed by atoms with van der Waals surface area (Å²) in [6, 6.07) is 18.0. The smallest absolute Gasteiger partial charge is 0.117 e. The van der Waals surface area contributed by atoms with E-state index in [0.29, 0.717) is 5.75 Å². The van der Waals surface area contributed by atoms with Gasteiger partial charge < -0.3 is 10.4 Å². The zero-order valence-corrected chi connectivity index (χ0v) is 10.6. The van der Waals surface area contributed by atoms with Crippen molar-refractivity contribution < 1.29 is 5.11 Å². The highest BCUT2D eigenvalue weighted by Gasteiger charge is 2.09. The lowest BCUT2D eigenvalue weighted by Crippen LogP contribution is -2.10. The second kappa shape index (κ2) is 6.10. The summed E-state index contributed by atoms with van der Waals surface area (Å²) in [5.74, 6) is 0.295. The van der Waals surface area contributed by atoms with Crippen molar-refractivity contribution in [2.75, 3.05) is 5.32 Å². The lowest BCUT2D eigenvalue weighted by molar-refractivity contribution is 0.475. The fraction of sp³-hybridized carbons (Fsp3) is 0.250. The van der Waals surface area contributed by atoms with Gasteiger partial charge in [-0.25, -0.2) is 0 Å². The molecule has 1 atom stereocenters. The number of phenols is 1. The number of hydrogen-bond acceptors (Lipinski definition) is 2. The predicted octanol–water partition coefficient (Wildman–Crippen LogP) is 4.35. The standard InChI is InChI=1S/C16H19NO/c1-2-7-16(13-8-4-3-5-9-13)17-14-10-6-11-15(18)12-14/h3-6,8-12,16-18H,2,7H2,1H3. The maximum absolute atomic E-state index is 9.49. The molecule has 0 aliphatic carbocycles. The van der Waals surface area contributed by atoms with E-state index >= 15 is 0 Å². The van der Waals surface area contributed by atoms with E-state index in [4.69, 9.17) is 0 Å². The lowest BCUT2D eigenvalue weighted by atomic mass is 10.0. The molecule has 0 bridgehead atoms. The summed E-state index contributed by atoms with van der Waals surface area (Å²) in [7, 11) is 0. The van der Waals surface area contributed by atoms with Crippen LogP contribution in [0.2, 0.25) is 0 Å². The number of phenolic OH excluding ortho intramolecular Hbond substituents is 1. The quantitative estimate of drug-likeness (QED) is 0.815. The van der Waals surface area contributed by atoms with Crippen molar-refractivity contribution >= 4 is 5.69 Å². The first-order chi connectivity index (χ1) is 8.79. The normalized spacial score (nSPS) is 12.1. The maximum atomic E-state index is 9.49. The second-order valence-corrected chi connectivity index (χ2v) is 4.45. The van der Waals surface area contributed by atoms with Gasteiger partial charge >= 0.3 is 0 Å². The summed E-state index contributed by atoms with van der Waals surface area (Å²) in [4.78, 5) is 0. The molecule has 2 aromatic carbocycles. The molecule has 0 heterocycles. The molecule has 2 heteroatoms. The first kappa shape index (κ1) is 12.5. The van der Waals surface area contributed by atoms with Gasteiger partial charge in [-0.1, -0.05) is 49.7 Å². The van der Waals surface area contributed by atoms with E-state index in [1.54, 1.807) is 12.1 Å². The number of aromatic hydroxyl groups is 1. The van der Waals surface area contributed by atoms with Gasteiger partial charge in [-0.05, 0) is 24.1 Å². The molecule has 2 aromatic rings. The predicted molar refractivity (Wildman–Crippen MR) is 75.8 cm³/mol. The Morgan fingerprint density at radius 1 is 1.06 bits per heavy atom. The highest BCUT2D eigenvalue weighted by Crippen LogP contribution is 2.25. The first-order valence-electron chi connectivity index (χ1n) is 6.40. The molecule has 0 radical (unpaired) electrons. The van der Waals surface area contributed by atoms with Crippen molar-refractivity contribution in [3.63, 3.8) is 0 Å². The summed E-state index contributed by atoms with van der Waals surface area (Å²) < 4.78 is 0. The fourth-order valence-electron chi connectivity index (χ4n) is 2.09. The molecule has 18 heavy (non-hydrogen) atoms. The molecule has 0 amide bonds. The molecule has 0 aromatic heterocycles. The van der Waals surface area contributed by atoms with E-state index in [9.17, 15) is 5.11 Å². The molecule has 2 N–H and O–H groups in total. The minimum Gasteiger partial charge on any atom is -0.508 e. The van der Waals surface area contributed by atoms with Crippen LogP contribution >= 0.6 is 0 Å². The third-order valence-electron chi connectivity index (χ3n) is 2.97. The van der Waals surface area contributed by atoms with Gasteiger partial charge in [-0.2, -0.15) is 0 Å². The van der Waals surface area contributed by atoms with E-state index in [2.05, 4.69) is 36.5 Å². The number of nitrogens with one attached hydrogen (secondary N) is 1. The van der Waals surface area contributed by atoms with Crippen LogP contribution in [0.1, 0.15) is 31.4 Å². The molecule has 0 saturated heterocycles. The van der Waals surface area contributed by atoms with E-state index in [0.717, 1.165) is 18.5 Å². The Morgan fingerprint density at radius 2 is 1.83 bits per heavy atom. The molecule has 0 aliphatic heterocycles. The summed E-state index contributed by atoms with van der Waals surface area (Å²) in [5, 5.41) is 13.0. The summed E-state index contributed by atoms with van der Waals surface area (Å²) in [6.07, 6.45) is 2.19. The van der Waals surface area contributed by atoms with E-state index in [-0.39, 0.29) is 6.04 Å². The van der Waals surface area contributed by atoms with Gasteiger partial charge in [-0.3, -0.25) is 0 Å². The van der Waals surface area contributed by atoms with Crippen LogP contribution in [0.25, 0.3) is 0 Å². The minimum atomic E-state index is 0.290. The van der Waals surface area contributed by atoms with Gasteiger partial charge in [0, 0.05) is 11.8 Å². The largest absolute Gasteiger partial charge is 0.508 e. The Balaban J connectivity index is 2.16. The average molecular weight is 241 g/mol. The van der Waals surface area contributed by atoms with Crippen LogP contribution in [-0.4, -0.2) is 5.11 Å². The van der Waals surface area contributed by atoms with Crippen LogP contribution in [0.15, 0.2) is 54.6 Å². The molecule has 0 spiro atoms. The second-order valence-electron chi connectivity index (χ2n) is 4.45. The molecule has 2 nitrogen and oxygen atoms in total. The minimum absolute atomic E-state index is 0.290. The number of rotatable bonds is 5. The topological polar surface area (TPSA) is 32.3 Å². The van der Waals surface area contributed by atoms with Crippen molar-refractivity contribution in [3.8, 4) is 5.75 Å². The summed E-state index contributed by atoms with van der Waals surface area (Å²) in [6.45, 7) is 2.18. The molecule has 1 unspecified atom stereocenters. The highest BCUT2D eigenvalue weighted by atomic mass is 16.3. The van der Waals surface area contributed by atoms with E-state index in [1.165, 1.54) is 5.56 Å². The van der Waals surface area contributed by atoms with Crippen molar-refractivity contribution in [1.82, 2.24) is 0 Å². The SMILES string of the molecule is CCCC(Nc1cccc(O)c1)c1ccccc1. The third kappa shape index (κ3) is 3.27. The van der Waals surface area contributed by atoms with Crippen molar-refractivity contribution in [3.05, 3.63) is 60.2 Å². The summed E-state index contributed by atoms with van der Waals surface area (Å²) in [5.41, 5.74) is 2.24. The molecule has 0 fully saturated rings. The number of hydrogen-bond donors (Lipinski definition) is 2. The zero-order chi connectivity index (χ0) is 12.8. The van der Waals surface area contributed by atoms with Crippen LogP contribution in [0.5, 0.6) is 5.75 Å². The average Bonchev–Trinajstić information content (AvgIpc) is 2.39. The van der Waals surface area contributed by atoms with Gasteiger partial charge in [-0.15, -0.1) is 0 Å². The Kier molecular flexibility index (Phi) is 4.24. The first-order valence-corrected chi connectivity index (χ1v) is 6.40. The van der Waals surface area contributed by atoms with Gasteiger partial charge in [0.2, 0.25) is 0 Å². The maximum Gasteiger partial charge on any atom is 0.117 e. The van der Waals surface area contributed by atoms with Crippen molar-refractivity contribution in [2.24, 2.45) is 0 Å². The monoisotopic (exact) mass is 241 g/mol.